The van der Waals surface area contributed by atoms with Crippen LogP contribution in [0.1, 0.15) is 5.82 Å². The predicted molar refractivity (Wildman–Crippen MR) is 54.7 cm³/mol. The molecule has 4 heteroatoms. The summed E-state index contributed by atoms with van der Waals surface area (Å²) < 4.78 is 1.95. The van der Waals surface area contributed by atoms with E-state index in [0.29, 0.717) is 13.1 Å². The number of benzene rings is 1. The third-order valence-electron chi connectivity index (χ3n) is 2.24. The first-order chi connectivity index (χ1) is 6.86. The van der Waals surface area contributed by atoms with Crippen molar-refractivity contribution in [3.8, 4) is 0 Å². The van der Waals surface area contributed by atoms with Crippen molar-refractivity contribution in [1.82, 2.24) is 9.55 Å². The largest absolute Gasteiger partial charge is 0.395 e. The van der Waals surface area contributed by atoms with Crippen molar-refractivity contribution in [2.75, 3.05) is 6.61 Å². The molecule has 1 aromatic heterocycles. The molecule has 0 unspecified atom stereocenters. The van der Waals surface area contributed by atoms with Crippen LogP contribution in [-0.2, 0) is 13.1 Å². The molecule has 0 atom stereocenters. The third kappa shape index (κ3) is 1.38. The summed E-state index contributed by atoms with van der Waals surface area (Å²) in [5.74, 6) is 0.820. The molecule has 1 aromatic carbocycles. The minimum Gasteiger partial charge on any atom is -0.395 e. The molecule has 0 aliphatic rings. The van der Waals surface area contributed by atoms with E-state index < -0.39 is 0 Å². The molecule has 1 heterocycles. The van der Waals surface area contributed by atoms with Gasteiger partial charge in [-0.15, -0.1) is 0 Å². The summed E-state index contributed by atoms with van der Waals surface area (Å²) in [5.41, 5.74) is 7.54. The van der Waals surface area contributed by atoms with Gasteiger partial charge in [0.05, 0.1) is 24.2 Å². The van der Waals surface area contributed by atoms with Crippen molar-refractivity contribution in [3.05, 3.63) is 30.1 Å². The molecule has 0 aliphatic heterocycles. The van der Waals surface area contributed by atoms with E-state index in [4.69, 9.17) is 10.8 Å². The molecule has 0 spiro atoms. The van der Waals surface area contributed by atoms with Gasteiger partial charge in [0, 0.05) is 6.54 Å². The first kappa shape index (κ1) is 9.18. The van der Waals surface area contributed by atoms with Crippen molar-refractivity contribution < 1.29 is 5.11 Å². The Morgan fingerprint density at radius 2 is 2.14 bits per heavy atom. The fraction of sp³-hybridized carbons (Fsp3) is 0.300. The Morgan fingerprint density at radius 1 is 1.36 bits per heavy atom. The van der Waals surface area contributed by atoms with Crippen LogP contribution in [0.2, 0.25) is 0 Å². The van der Waals surface area contributed by atoms with E-state index in [1.165, 1.54) is 0 Å². The molecule has 74 valence electrons. The van der Waals surface area contributed by atoms with Gasteiger partial charge in [-0.2, -0.15) is 0 Å². The Bertz CT molecular complexity index is 436. The SMILES string of the molecule is NCc1nc2ccccc2n1CCO. The number of imidazole rings is 1. The normalized spacial score (nSPS) is 11.0. The number of aliphatic hydroxyl groups excluding tert-OH is 1. The minimum absolute atomic E-state index is 0.105. The number of hydrogen-bond acceptors (Lipinski definition) is 3. The Labute approximate surface area is 82.0 Å². The van der Waals surface area contributed by atoms with Crippen molar-refractivity contribution in [2.45, 2.75) is 13.1 Å². The second-order valence-electron chi connectivity index (χ2n) is 3.10. The third-order valence-corrected chi connectivity index (χ3v) is 2.24. The molecule has 0 radical (unpaired) electrons. The van der Waals surface area contributed by atoms with Crippen LogP contribution in [0, 0.1) is 0 Å². The summed E-state index contributed by atoms with van der Waals surface area (Å²) in [4.78, 5) is 4.38. The van der Waals surface area contributed by atoms with Crippen molar-refractivity contribution in [2.24, 2.45) is 5.73 Å². The summed E-state index contributed by atoms with van der Waals surface area (Å²) >= 11 is 0. The maximum Gasteiger partial charge on any atom is 0.123 e. The summed E-state index contributed by atoms with van der Waals surface area (Å²) in [5, 5.41) is 8.93. The summed E-state index contributed by atoms with van der Waals surface area (Å²) in [6.07, 6.45) is 0. The molecular formula is C10H13N3O. The fourth-order valence-corrected chi connectivity index (χ4v) is 1.63. The summed E-state index contributed by atoms with van der Waals surface area (Å²) in [6, 6.07) is 7.83. The Kier molecular flexibility index (Phi) is 2.47. The highest BCUT2D eigenvalue weighted by molar-refractivity contribution is 5.75. The Hall–Kier alpha value is -1.39. The second-order valence-corrected chi connectivity index (χ2v) is 3.10. The van der Waals surface area contributed by atoms with Gasteiger partial charge in [-0.3, -0.25) is 0 Å². The molecule has 14 heavy (non-hydrogen) atoms. The summed E-state index contributed by atoms with van der Waals surface area (Å²) in [7, 11) is 0. The average Bonchev–Trinajstić information content (AvgIpc) is 2.58. The topological polar surface area (TPSA) is 64.1 Å². The van der Waals surface area contributed by atoms with Crippen LogP contribution in [0.3, 0.4) is 0 Å². The van der Waals surface area contributed by atoms with E-state index in [1.807, 2.05) is 28.8 Å². The Balaban J connectivity index is 2.61. The number of rotatable bonds is 3. The molecule has 0 saturated heterocycles. The highest BCUT2D eigenvalue weighted by Crippen LogP contribution is 2.15. The van der Waals surface area contributed by atoms with E-state index in [9.17, 15) is 0 Å². The van der Waals surface area contributed by atoms with E-state index in [1.54, 1.807) is 0 Å². The van der Waals surface area contributed by atoms with Gasteiger partial charge in [0.25, 0.3) is 0 Å². The molecular weight excluding hydrogens is 178 g/mol. The zero-order chi connectivity index (χ0) is 9.97. The highest BCUT2D eigenvalue weighted by atomic mass is 16.3. The monoisotopic (exact) mass is 191 g/mol. The number of aromatic nitrogens is 2. The van der Waals surface area contributed by atoms with Crippen LogP contribution in [0.25, 0.3) is 11.0 Å². The lowest BCUT2D eigenvalue weighted by Crippen LogP contribution is -2.10. The quantitative estimate of drug-likeness (QED) is 0.742. The van der Waals surface area contributed by atoms with Crippen LogP contribution in [0.4, 0.5) is 0 Å². The van der Waals surface area contributed by atoms with E-state index in [-0.39, 0.29) is 6.61 Å². The van der Waals surface area contributed by atoms with Gasteiger partial charge in [-0.1, -0.05) is 12.1 Å². The van der Waals surface area contributed by atoms with Crippen molar-refractivity contribution in [3.63, 3.8) is 0 Å². The molecule has 0 amide bonds. The number of aliphatic hydroxyl groups is 1. The number of nitrogens with zero attached hydrogens (tertiary/aromatic N) is 2. The maximum atomic E-state index is 8.93. The van der Waals surface area contributed by atoms with E-state index in [2.05, 4.69) is 4.98 Å². The molecule has 2 rings (SSSR count). The molecule has 0 bridgehead atoms. The smallest absolute Gasteiger partial charge is 0.123 e. The zero-order valence-corrected chi connectivity index (χ0v) is 7.85. The first-order valence-corrected chi connectivity index (χ1v) is 4.62. The summed E-state index contributed by atoms with van der Waals surface area (Å²) in [6.45, 7) is 1.05. The van der Waals surface area contributed by atoms with Crippen LogP contribution >= 0.6 is 0 Å². The lowest BCUT2D eigenvalue weighted by molar-refractivity contribution is 0.276. The zero-order valence-electron chi connectivity index (χ0n) is 7.85. The van der Waals surface area contributed by atoms with E-state index >= 15 is 0 Å². The van der Waals surface area contributed by atoms with Crippen LogP contribution in [0.5, 0.6) is 0 Å². The lowest BCUT2D eigenvalue weighted by Gasteiger charge is -2.04. The predicted octanol–water partition coefficient (Wildman–Crippen LogP) is 0.487. The number of nitrogens with two attached hydrogens (primary N) is 1. The van der Waals surface area contributed by atoms with Gasteiger partial charge in [0.15, 0.2) is 0 Å². The lowest BCUT2D eigenvalue weighted by atomic mass is 10.3. The minimum atomic E-state index is 0.105. The average molecular weight is 191 g/mol. The van der Waals surface area contributed by atoms with E-state index in [0.717, 1.165) is 16.9 Å². The van der Waals surface area contributed by atoms with Gasteiger partial charge in [-0.05, 0) is 12.1 Å². The fourth-order valence-electron chi connectivity index (χ4n) is 1.63. The van der Waals surface area contributed by atoms with Gasteiger partial charge >= 0.3 is 0 Å². The number of hydrogen-bond donors (Lipinski definition) is 2. The second kappa shape index (κ2) is 3.77. The van der Waals surface area contributed by atoms with Gasteiger partial charge < -0.3 is 15.4 Å². The van der Waals surface area contributed by atoms with Gasteiger partial charge in [-0.25, -0.2) is 4.98 Å². The highest BCUT2D eigenvalue weighted by Gasteiger charge is 2.07. The molecule has 0 aliphatic carbocycles. The van der Waals surface area contributed by atoms with Crippen LogP contribution in [0.15, 0.2) is 24.3 Å². The van der Waals surface area contributed by atoms with Crippen LogP contribution < -0.4 is 5.73 Å². The van der Waals surface area contributed by atoms with Crippen molar-refractivity contribution in [1.29, 1.82) is 0 Å². The van der Waals surface area contributed by atoms with Gasteiger partial charge in [0.1, 0.15) is 5.82 Å². The van der Waals surface area contributed by atoms with Crippen LogP contribution in [-0.4, -0.2) is 21.3 Å². The molecule has 0 fully saturated rings. The molecule has 0 saturated carbocycles. The first-order valence-electron chi connectivity index (χ1n) is 4.62. The molecule has 4 nitrogen and oxygen atoms in total. The molecule has 3 N–H and O–H groups in total. The Morgan fingerprint density at radius 3 is 2.86 bits per heavy atom. The van der Waals surface area contributed by atoms with Gasteiger partial charge in [0.2, 0.25) is 0 Å². The maximum absolute atomic E-state index is 8.93. The molecule has 2 aromatic rings. The number of para-hydroxylation sites is 2. The standard InChI is InChI=1S/C10H13N3O/c11-7-10-12-8-3-1-2-4-9(8)13(10)5-6-14/h1-4,14H,5-7,11H2. The number of fused-ring (bicyclic) bond motifs is 1. The van der Waals surface area contributed by atoms with Crippen molar-refractivity contribution >= 4 is 11.0 Å².